The average molecular weight is 276 g/mol. The van der Waals surface area contributed by atoms with Gasteiger partial charge in [0.15, 0.2) is 0 Å². The molecule has 0 spiro atoms. The van der Waals surface area contributed by atoms with Gasteiger partial charge < -0.3 is 4.90 Å². The smallest absolute Gasteiger partial charge is 0.298 e. The second-order valence-corrected chi connectivity index (χ2v) is 5.23. The summed E-state index contributed by atoms with van der Waals surface area (Å²) in [5.74, 6) is 5.91. The van der Waals surface area contributed by atoms with Crippen LogP contribution in [-0.2, 0) is 4.79 Å². The van der Waals surface area contributed by atoms with Crippen molar-refractivity contribution in [1.29, 1.82) is 0 Å². The summed E-state index contributed by atoms with van der Waals surface area (Å²) in [5, 5.41) is 0.751. The number of likely N-dealkylation sites (tertiary alicyclic amines) is 1. The van der Waals surface area contributed by atoms with Crippen molar-refractivity contribution < 1.29 is 4.79 Å². The molecule has 19 heavy (non-hydrogen) atoms. The van der Waals surface area contributed by atoms with Gasteiger partial charge in [-0.2, -0.15) is 0 Å². The molecule has 0 aromatic heterocycles. The molecule has 1 saturated heterocycles. The van der Waals surface area contributed by atoms with Gasteiger partial charge in [0.1, 0.15) is 0 Å². The normalized spacial score (nSPS) is 18.6. The van der Waals surface area contributed by atoms with Crippen LogP contribution in [0.15, 0.2) is 24.3 Å². The molecule has 0 saturated carbocycles. The van der Waals surface area contributed by atoms with Gasteiger partial charge in [0, 0.05) is 30.5 Å². The van der Waals surface area contributed by atoms with Crippen molar-refractivity contribution >= 4 is 17.5 Å². The van der Waals surface area contributed by atoms with Crippen molar-refractivity contribution in [3.8, 4) is 11.8 Å². The fraction of sp³-hybridized carbons (Fsp3) is 0.438. The van der Waals surface area contributed by atoms with E-state index in [2.05, 4.69) is 24.0 Å². The number of piperidine rings is 1. The number of benzene rings is 1. The predicted molar refractivity (Wildman–Crippen MR) is 78.1 cm³/mol. The Hall–Kier alpha value is -1.46. The Morgan fingerprint density at radius 1 is 1.42 bits per heavy atom. The van der Waals surface area contributed by atoms with E-state index < -0.39 is 0 Å². The van der Waals surface area contributed by atoms with Gasteiger partial charge in [-0.05, 0) is 36.5 Å². The molecule has 1 aromatic rings. The number of hydrogen-bond acceptors (Lipinski definition) is 1. The molecule has 3 heteroatoms. The zero-order valence-electron chi connectivity index (χ0n) is 11.2. The molecule has 1 atom stereocenters. The highest BCUT2D eigenvalue weighted by molar-refractivity contribution is 6.30. The van der Waals surface area contributed by atoms with Crippen molar-refractivity contribution in [3.05, 3.63) is 34.9 Å². The average Bonchev–Trinajstić information content (AvgIpc) is 2.45. The molecule has 0 N–H and O–H groups in total. The standard InChI is InChI=1S/C16H18ClNO/c1-2-3-6-16(19)18-11-4-5-14(12-18)13-7-9-15(17)10-8-13/h7-10,14H,2,4-5,11-12H2,1H3/t14-/m1/s1. The quantitative estimate of drug-likeness (QED) is 0.719. The van der Waals surface area contributed by atoms with Gasteiger partial charge in [0.05, 0.1) is 0 Å². The minimum absolute atomic E-state index is 0.0412. The van der Waals surface area contributed by atoms with E-state index in [1.54, 1.807) is 0 Å². The lowest BCUT2D eigenvalue weighted by Gasteiger charge is -2.31. The van der Waals surface area contributed by atoms with E-state index in [9.17, 15) is 4.79 Å². The highest BCUT2D eigenvalue weighted by atomic mass is 35.5. The lowest BCUT2D eigenvalue weighted by Crippen LogP contribution is -2.38. The van der Waals surface area contributed by atoms with Crippen molar-refractivity contribution in [3.63, 3.8) is 0 Å². The number of hydrogen-bond donors (Lipinski definition) is 0. The first-order chi connectivity index (χ1) is 9.20. The summed E-state index contributed by atoms with van der Waals surface area (Å²) in [6.07, 6.45) is 2.87. The molecule has 0 bridgehead atoms. The maximum Gasteiger partial charge on any atom is 0.298 e. The number of halogens is 1. The zero-order chi connectivity index (χ0) is 13.7. The van der Waals surface area contributed by atoms with Crippen molar-refractivity contribution in [2.45, 2.75) is 32.1 Å². The third kappa shape index (κ3) is 3.75. The van der Waals surface area contributed by atoms with Gasteiger partial charge in [-0.3, -0.25) is 4.79 Å². The lowest BCUT2D eigenvalue weighted by molar-refractivity contribution is -0.126. The van der Waals surface area contributed by atoms with Crippen molar-refractivity contribution in [1.82, 2.24) is 4.90 Å². The van der Waals surface area contributed by atoms with Crippen LogP contribution in [0.1, 0.15) is 37.7 Å². The molecule has 1 aliphatic rings. The van der Waals surface area contributed by atoms with Crippen LogP contribution in [-0.4, -0.2) is 23.9 Å². The Labute approximate surface area is 119 Å². The van der Waals surface area contributed by atoms with Crippen LogP contribution in [0, 0.1) is 11.8 Å². The monoisotopic (exact) mass is 275 g/mol. The predicted octanol–water partition coefficient (Wildman–Crippen LogP) is 3.46. The lowest BCUT2D eigenvalue weighted by atomic mass is 9.90. The van der Waals surface area contributed by atoms with Gasteiger partial charge in [0.2, 0.25) is 0 Å². The molecule has 1 heterocycles. The van der Waals surface area contributed by atoms with Crippen LogP contribution in [0.25, 0.3) is 0 Å². The number of carbonyl (C=O) groups is 1. The third-order valence-electron chi connectivity index (χ3n) is 3.42. The largest absolute Gasteiger partial charge is 0.331 e. The Balaban J connectivity index is 2.04. The van der Waals surface area contributed by atoms with E-state index in [-0.39, 0.29) is 5.91 Å². The van der Waals surface area contributed by atoms with Crippen LogP contribution in [0.2, 0.25) is 5.02 Å². The highest BCUT2D eigenvalue weighted by Gasteiger charge is 2.23. The fourth-order valence-corrected chi connectivity index (χ4v) is 2.54. The Morgan fingerprint density at radius 3 is 2.84 bits per heavy atom. The molecule has 0 radical (unpaired) electrons. The molecule has 1 fully saturated rings. The van der Waals surface area contributed by atoms with Crippen LogP contribution >= 0.6 is 11.6 Å². The van der Waals surface area contributed by atoms with Crippen LogP contribution in [0.3, 0.4) is 0 Å². The minimum atomic E-state index is -0.0412. The molecule has 2 rings (SSSR count). The maximum absolute atomic E-state index is 11.9. The molecule has 2 nitrogen and oxygen atoms in total. The third-order valence-corrected chi connectivity index (χ3v) is 3.67. The first-order valence-corrected chi connectivity index (χ1v) is 7.11. The Bertz CT molecular complexity index is 498. The first-order valence-electron chi connectivity index (χ1n) is 6.74. The highest BCUT2D eigenvalue weighted by Crippen LogP contribution is 2.27. The topological polar surface area (TPSA) is 20.3 Å². The second-order valence-electron chi connectivity index (χ2n) is 4.80. The van der Waals surface area contributed by atoms with Crippen LogP contribution in [0.5, 0.6) is 0 Å². The molecule has 0 unspecified atom stereocenters. The fourth-order valence-electron chi connectivity index (χ4n) is 2.41. The molecular weight excluding hydrogens is 258 g/mol. The number of amides is 1. The molecular formula is C16H18ClNO. The van der Waals surface area contributed by atoms with Gasteiger partial charge in [0.25, 0.3) is 5.91 Å². The van der Waals surface area contributed by atoms with Gasteiger partial charge in [-0.25, -0.2) is 0 Å². The summed E-state index contributed by atoms with van der Waals surface area (Å²) in [7, 11) is 0. The number of carbonyl (C=O) groups excluding carboxylic acids is 1. The summed E-state index contributed by atoms with van der Waals surface area (Å²) < 4.78 is 0. The summed E-state index contributed by atoms with van der Waals surface area (Å²) in [5.41, 5.74) is 1.25. The van der Waals surface area contributed by atoms with Crippen LogP contribution in [0.4, 0.5) is 0 Å². The number of rotatable bonds is 1. The van der Waals surface area contributed by atoms with E-state index in [1.165, 1.54) is 5.56 Å². The molecule has 100 valence electrons. The van der Waals surface area contributed by atoms with Crippen molar-refractivity contribution in [2.75, 3.05) is 13.1 Å². The Morgan fingerprint density at radius 2 is 2.16 bits per heavy atom. The molecule has 1 amide bonds. The zero-order valence-corrected chi connectivity index (χ0v) is 11.9. The number of nitrogens with zero attached hydrogens (tertiary/aromatic N) is 1. The summed E-state index contributed by atoms with van der Waals surface area (Å²) in [6.45, 7) is 3.53. The summed E-state index contributed by atoms with van der Waals surface area (Å²) >= 11 is 5.90. The van der Waals surface area contributed by atoms with Gasteiger partial charge >= 0.3 is 0 Å². The van der Waals surface area contributed by atoms with E-state index in [4.69, 9.17) is 11.6 Å². The van der Waals surface area contributed by atoms with E-state index in [1.807, 2.05) is 24.0 Å². The Kier molecular flexibility index (Phi) is 4.87. The van der Waals surface area contributed by atoms with Crippen molar-refractivity contribution in [2.24, 2.45) is 0 Å². The molecule has 1 aliphatic heterocycles. The molecule has 0 aliphatic carbocycles. The van der Waals surface area contributed by atoms with E-state index in [0.717, 1.165) is 37.4 Å². The minimum Gasteiger partial charge on any atom is -0.331 e. The first kappa shape index (κ1) is 14.0. The maximum atomic E-state index is 11.9. The molecule has 1 aromatic carbocycles. The SMILES string of the molecule is CCC#CC(=O)N1CCC[C@@H](c2ccc(Cl)cc2)C1. The van der Waals surface area contributed by atoms with E-state index >= 15 is 0 Å². The van der Waals surface area contributed by atoms with Gasteiger partial charge in [-0.15, -0.1) is 0 Å². The van der Waals surface area contributed by atoms with Gasteiger partial charge in [-0.1, -0.05) is 36.6 Å². The van der Waals surface area contributed by atoms with Crippen LogP contribution < -0.4 is 0 Å². The summed E-state index contributed by atoms with van der Waals surface area (Å²) in [4.78, 5) is 13.8. The van der Waals surface area contributed by atoms with E-state index in [0.29, 0.717) is 5.92 Å². The summed E-state index contributed by atoms with van der Waals surface area (Å²) in [6, 6.07) is 7.93. The second kappa shape index (κ2) is 6.63.